The van der Waals surface area contributed by atoms with Crippen LogP contribution in [0.5, 0.6) is 0 Å². The molecule has 0 fully saturated rings. The van der Waals surface area contributed by atoms with E-state index >= 15 is 0 Å². The smallest absolute Gasteiger partial charge is 0.254 e. The molecule has 0 aliphatic heterocycles. The van der Waals surface area contributed by atoms with Gasteiger partial charge in [0.05, 0.1) is 12.8 Å². The third-order valence-electron chi connectivity index (χ3n) is 3.09. The third-order valence-corrected chi connectivity index (χ3v) is 4.45. The summed E-state index contributed by atoms with van der Waals surface area (Å²) in [7, 11) is 0. The Morgan fingerprint density at radius 2 is 1.95 bits per heavy atom. The minimum atomic E-state index is -0.118. The Labute approximate surface area is 136 Å². The number of aromatic nitrogens is 1. The molecule has 110 valence electrons. The van der Waals surface area contributed by atoms with Crippen molar-refractivity contribution in [2.75, 3.05) is 0 Å². The van der Waals surface area contributed by atoms with Gasteiger partial charge in [-0.25, -0.2) is 0 Å². The van der Waals surface area contributed by atoms with Crippen molar-refractivity contribution in [3.05, 3.63) is 85.3 Å². The van der Waals surface area contributed by atoms with E-state index in [2.05, 4.69) is 0 Å². The molecule has 0 unspecified atom stereocenters. The molecular formula is C17H13NO2S2. The van der Waals surface area contributed by atoms with E-state index in [1.807, 2.05) is 48.6 Å². The molecule has 22 heavy (non-hydrogen) atoms. The van der Waals surface area contributed by atoms with Crippen molar-refractivity contribution in [1.82, 2.24) is 4.57 Å². The van der Waals surface area contributed by atoms with Crippen LogP contribution < -0.4 is 5.56 Å². The maximum Gasteiger partial charge on any atom is 0.254 e. The van der Waals surface area contributed by atoms with Gasteiger partial charge in [0.2, 0.25) is 0 Å². The SMILES string of the molecule is O=c1cc(C=Cc2ccccc2)sc(=S)n1Cc1ccco1. The van der Waals surface area contributed by atoms with E-state index in [1.54, 1.807) is 23.0 Å². The van der Waals surface area contributed by atoms with Crippen molar-refractivity contribution < 1.29 is 4.42 Å². The molecule has 0 atom stereocenters. The molecule has 0 saturated carbocycles. The lowest BCUT2D eigenvalue weighted by molar-refractivity contribution is 0.490. The fourth-order valence-electron chi connectivity index (χ4n) is 2.00. The summed E-state index contributed by atoms with van der Waals surface area (Å²) in [6, 6.07) is 15.2. The zero-order chi connectivity index (χ0) is 15.4. The first-order valence-corrected chi connectivity index (χ1v) is 7.95. The summed E-state index contributed by atoms with van der Waals surface area (Å²) in [6.07, 6.45) is 5.47. The molecule has 0 N–H and O–H groups in total. The van der Waals surface area contributed by atoms with Gasteiger partial charge in [-0.1, -0.05) is 36.4 Å². The van der Waals surface area contributed by atoms with Gasteiger partial charge in [0.15, 0.2) is 3.95 Å². The van der Waals surface area contributed by atoms with Crippen LogP contribution in [0.2, 0.25) is 0 Å². The van der Waals surface area contributed by atoms with Crippen molar-refractivity contribution in [3.63, 3.8) is 0 Å². The van der Waals surface area contributed by atoms with Crippen LogP contribution in [0.15, 0.2) is 64.0 Å². The summed E-state index contributed by atoms with van der Waals surface area (Å²) >= 11 is 6.75. The normalized spacial score (nSPS) is 11.1. The van der Waals surface area contributed by atoms with Crippen molar-refractivity contribution >= 4 is 35.7 Å². The first-order chi connectivity index (χ1) is 10.7. The molecule has 0 spiro atoms. The van der Waals surface area contributed by atoms with Crippen molar-refractivity contribution in [1.29, 1.82) is 0 Å². The standard InChI is InChI=1S/C17H13NO2S2/c19-16-11-15(9-8-13-5-2-1-3-6-13)22-17(21)18(16)12-14-7-4-10-20-14/h1-11H,12H2. The lowest BCUT2D eigenvalue weighted by Crippen LogP contribution is -2.19. The molecule has 0 amide bonds. The van der Waals surface area contributed by atoms with Crippen LogP contribution in [0.3, 0.4) is 0 Å². The summed E-state index contributed by atoms with van der Waals surface area (Å²) in [5.41, 5.74) is 0.966. The first kappa shape index (κ1) is 14.7. The summed E-state index contributed by atoms with van der Waals surface area (Å²) in [6.45, 7) is 0.365. The molecule has 0 radical (unpaired) electrons. The van der Waals surface area contributed by atoms with E-state index in [4.69, 9.17) is 16.6 Å². The monoisotopic (exact) mass is 327 g/mol. The Bertz CT molecular complexity index is 859. The highest BCUT2D eigenvalue weighted by Crippen LogP contribution is 2.13. The highest BCUT2D eigenvalue weighted by atomic mass is 32.1. The minimum Gasteiger partial charge on any atom is -0.467 e. The maximum atomic E-state index is 12.2. The van der Waals surface area contributed by atoms with Gasteiger partial charge >= 0.3 is 0 Å². The summed E-state index contributed by atoms with van der Waals surface area (Å²) < 4.78 is 7.35. The lowest BCUT2D eigenvalue weighted by atomic mass is 10.2. The second-order valence-corrected chi connectivity index (χ2v) is 6.37. The molecule has 3 nitrogen and oxygen atoms in total. The van der Waals surface area contributed by atoms with Gasteiger partial charge in [-0.3, -0.25) is 9.36 Å². The second kappa shape index (κ2) is 6.68. The predicted octanol–water partition coefficient (Wildman–Crippen LogP) is 4.45. The van der Waals surface area contributed by atoms with E-state index in [9.17, 15) is 4.79 Å². The third kappa shape index (κ3) is 3.50. The molecule has 1 aromatic carbocycles. The van der Waals surface area contributed by atoms with E-state index in [-0.39, 0.29) is 5.56 Å². The molecular weight excluding hydrogens is 314 g/mol. The Morgan fingerprint density at radius 3 is 2.64 bits per heavy atom. The Hall–Kier alpha value is -2.24. The van der Waals surface area contributed by atoms with E-state index in [0.29, 0.717) is 16.3 Å². The molecule has 3 aromatic rings. The van der Waals surface area contributed by atoms with Gasteiger partial charge in [0, 0.05) is 10.9 Å². The molecule has 0 bridgehead atoms. The minimum absolute atomic E-state index is 0.118. The molecule has 2 aromatic heterocycles. The first-order valence-electron chi connectivity index (χ1n) is 6.73. The number of rotatable bonds is 4. The maximum absolute atomic E-state index is 12.2. The Kier molecular flexibility index (Phi) is 4.46. The van der Waals surface area contributed by atoms with Gasteiger partial charge in [0.25, 0.3) is 5.56 Å². The predicted molar refractivity (Wildman–Crippen MR) is 92.6 cm³/mol. The highest BCUT2D eigenvalue weighted by Gasteiger charge is 2.04. The molecule has 3 rings (SSSR count). The van der Waals surface area contributed by atoms with Crippen LogP contribution in [0, 0.1) is 3.95 Å². The average molecular weight is 327 g/mol. The van der Waals surface area contributed by atoms with Gasteiger partial charge in [0.1, 0.15) is 5.76 Å². The number of furan rings is 1. The molecule has 0 aliphatic carbocycles. The van der Waals surface area contributed by atoms with E-state index in [1.165, 1.54) is 11.3 Å². The molecule has 2 heterocycles. The molecule has 0 aliphatic rings. The zero-order valence-corrected chi connectivity index (χ0v) is 13.3. The van der Waals surface area contributed by atoms with Gasteiger partial charge in [-0.05, 0) is 36.0 Å². The topological polar surface area (TPSA) is 35.1 Å². The summed E-state index contributed by atoms with van der Waals surface area (Å²) in [4.78, 5) is 13.1. The second-order valence-electron chi connectivity index (χ2n) is 4.66. The quantitative estimate of drug-likeness (QED) is 0.664. The fraction of sp³-hybridized carbons (Fsp3) is 0.0588. The van der Waals surface area contributed by atoms with Crippen molar-refractivity contribution in [2.24, 2.45) is 0 Å². The zero-order valence-electron chi connectivity index (χ0n) is 11.6. The highest BCUT2D eigenvalue weighted by molar-refractivity contribution is 7.73. The average Bonchev–Trinajstić information content (AvgIpc) is 3.03. The van der Waals surface area contributed by atoms with Crippen LogP contribution in [0.25, 0.3) is 12.2 Å². The fourth-order valence-corrected chi connectivity index (χ4v) is 3.21. The largest absolute Gasteiger partial charge is 0.467 e. The van der Waals surface area contributed by atoms with E-state index in [0.717, 1.165) is 10.4 Å². The molecule has 5 heteroatoms. The lowest BCUT2D eigenvalue weighted by Gasteiger charge is -2.03. The Morgan fingerprint density at radius 1 is 1.14 bits per heavy atom. The number of nitrogens with zero attached hydrogens (tertiary/aromatic N) is 1. The van der Waals surface area contributed by atoms with Crippen molar-refractivity contribution in [3.8, 4) is 0 Å². The van der Waals surface area contributed by atoms with Gasteiger partial charge < -0.3 is 4.42 Å². The Balaban J connectivity index is 1.88. The number of benzene rings is 1. The summed E-state index contributed by atoms with van der Waals surface area (Å²) in [5, 5.41) is 0. The number of hydrogen-bond donors (Lipinski definition) is 0. The van der Waals surface area contributed by atoms with E-state index < -0.39 is 0 Å². The van der Waals surface area contributed by atoms with Crippen molar-refractivity contribution in [2.45, 2.75) is 6.54 Å². The van der Waals surface area contributed by atoms with Crippen LogP contribution in [-0.4, -0.2) is 4.57 Å². The molecule has 0 saturated heterocycles. The van der Waals surface area contributed by atoms with Crippen LogP contribution in [0.1, 0.15) is 16.2 Å². The summed E-state index contributed by atoms with van der Waals surface area (Å²) in [5.74, 6) is 0.716. The van der Waals surface area contributed by atoms with Gasteiger partial charge in [-0.2, -0.15) is 0 Å². The van der Waals surface area contributed by atoms with Crippen LogP contribution in [-0.2, 0) is 6.54 Å². The van der Waals surface area contributed by atoms with Gasteiger partial charge in [-0.15, -0.1) is 11.3 Å². The number of hydrogen-bond acceptors (Lipinski definition) is 4. The van der Waals surface area contributed by atoms with Crippen LogP contribution in [0.4, 0.5) is 0 Å². The van der Waals surface area contributed by atoms with Crippen LogP contribution >= 0.6 is 23.6 Å².